The summed E-state index contributed by atoms with van der Waals surface area (Å²) < 4.78 is 0.838. The maximum Gasteiger partial charge on any atom is 0.252 e. The van der Waals surface area contributed by atoms with Crippen molar-refractivity contribution in [3.63, 3.8) is 0 Å². The van der Waals surface area contributed by atoms with Gasteiger partial charge in [-0.1, -0.05) is 47.9 Å². The molecular weight excluding hydrogens is 427 g/mol. The second-order valence-corrected chi connectivity index (χ2v) is 6.76. The SMILES string of the molecule is C#CCN(Cc1ccc(C)cc1)C(=O)CNC(=O)c1ccccc1I. The summed E-state index contributed by atoms with van der Waals surface area (Å²) in [6.45, 7) is 2.54. The number of terminal acetylenes is 1. The molecule has 0 saturated heterocycles. The van der Waals surface area contributed by atoms with Gasteiger partial charge >= 0.3 is 0 Å². The lowest BCUT2D eigenvalue weighted by atomic mass is 10.1. The van der Waals surface area contributed by atoms with Crippen LogP contribution in [0.2, 0.25) is 0 Å². The molecule has 4 nitrogen and oxygen atoms in total. The summed E-state index contributed by atoms with van der Waals surface area (Å²) in [5.74, 6) is 2.02. The van der Waals surface area contributed by atoms with E-state index in [1.54, 1.807) is 17.0 Å². The highest BCUT2D eigenvalue weighted by atomic mass is 127. The normalized spacial score (nSPS) is 9.96. The highest BCUT2D eigenvalue weighted by Crippen LogP contribution is 2.11. The Hall–Kier alpha value is -2.33. The summed E-state index contributed by atoms with van der Waals surface area (Å²) in [4.78, 5) is 26.2. The van der Waals surface area contributed by atoms with E-state index in [1.807, 2.05) is 43.3 Å². The molecular formula is C20H19IN2O2. The van der Waals surface area contributed by atoms with E-state index in [2.05, 4.69) is 33.8 Å². The molecule has 25 heavy (non-hydrogen) atoms. The van der Waals surface area contributed by atoms with Crippen LogP contribution in [0.5, 0.6) is 0 Å². The van der Waals surface area contributed by atoms with E-state index >= 15 is 0 Å². The molecule has 0 atom stereocenters. The second-order valence-electron chi connectivity index (χ2n) is 5.60. The van der Waals surface area contributed by atoms with E-state index in [9.17, 15) is 9.59 Å². The second kappa shape index (κ2) is 9.23. The lowest BCUT2D eigenvalue weighted by molar-refractivity contribution is -0.130. The van der Waals surface area contributed by atoms with Crippen molar-refractivity contribution in [2.24, 2.45) is 0 Å². The van der Waals surface area contributed by atoms with Gasteiger partial charge < -0.3 is 10.2 Å². The molecule has 2 aromatic carbocycles. The molecule has 0 aliphatic rings. The lowest BCUT2D eigenvalue weighted by Gasteiger charge is -2.21. The van der Waals surface area contributed by atoms with Crippen molar-refractivity contribution < 1.29 is 9.59 Å². The molecule has 2 rings (SSSR count). The molecule has 0 aromatic heterocycles. The van der Waals surface area contributed by atoms with Gasteiger partial charge in [0, 0.05) is 10.1 Å². The maximum absolute atomic E-state index is 12.4. The monoisotopic (exact) mass is 446 g/mol. The van der Waals surface area contributed by atoms with Crippen molar-refractivity contribution >= 4 is 34.4 Å². The molecule has 2 amide bonds. The molecule has 0 aliphatic heterocycles. The summed E-state index contributed by atoms with van der Waals surface area (Å²) in [6, 6.07) is 15.2. The van der Waals surface area contributed by atoms with Crippen LogP contribution < -0.4 is 5.32 Å². The van der Waals surface area contributed by atoms with E-state index in [-0.39, 0.29) is 24.9 Å². The predicted octanol–water partition coefficient (Wildman–Crippen LogP) is 2.99. The van der Waals surface area contributed by atoms with Crippen LogP contribution in [-0.2, 0) is 11.3 Å². The number of aryl methyl sites for hydroxylation is 1. The first-order valence-corrected chi connectivity index (χ1v) is 8.88. The molecule has 0 unspecified atom stereocenters. The van der Waals surface area contributed by atoms with E-state index in [4.69, 9.17) is 6.42 Å². The summed E-state index contributed by atoms with van der Waals surface area (Å²) in [6.07, 6.45) is 5.38. The third-order valence-corrected chi connectivity index (χ3v) is 4.59. The van der Waals surface area contributed by atoms with Crippen LogP contribution >= 0.6 is 22.6 Å². The number of amides is 2. The Balaban J connectivity index is 1.98. The molecule has 0 bridgehead atoms. The van der Waals surface area contributed by atoms with Crippen LogP contribution in [0.1, 0.15) is 21.5 Å². The van der Waals surface area contributed by atoms with Gasteiger partial charge in [0.2, 0.25) is 5.91 Å². The Kier molecular flexibility index (Phi) is 7.02. The van der Waals surface area contributed by atoms with Crippen LogP contribution in [0.15, 0.2) is 48.5 Å². The maximum atomic E-state index is 12.4. The predicted molar refractivity (Wildman–Crippen MR) is 107 cm³/mol. The summed E-state index contributed by atoms with van der Waals surface area (Å²) in [7, 11) is 0. The number of benzene rings is 2. The Bertz CT molecular complexity index is 794. The zero-order chi connectivity index (χ0) is 18.2. The summed E-state index contributed by atoms with van der Waals surface area (Å²) >= 11 is 2.09. The third-order valence-electron chi connectivity index (χ3n) is 3.65. The highest BCUT2D eigenvalue weighted by Gasteiger charge is 2.16. The van der Waals surface area contributed by atoms with Crippen molar-refractivity contribution in [2.45, 2.75) is 13.5 Å². The zero-order valence-electron chi connectivity index (χ0n) is 14.0. The fourth-order valence-corrected chi connectivity index (χ4v) is 2.90. The standard InChI is InChI=1S/C20H19IN2O2/c1-3-12-23(14-16-10-8-15(2)9-11-16)19(24)13-22-20(25)17-6-4-5-7-18(17)21/h1,4-11H,12-14H2,2H3,(H,22,25). The fourth-order valence-electron chi connectivity index (χ4n) is 2.26. The first kappa shape index (κ1) is 19.0. The molecule has 2 aromatic rings. The molecule has 128 valence electrons. The minimum Gasteiger partial charge on any atom is -0.343 e. The number of nitrogens with one attached hydrogen (secondary N) is 1. The van der Waals surface area contributed by atoms with E-state index in [0.717, 1.165) is 14.7 Å². The van der Waals surface area contributed by atoms with Crippen molar-refractivity contribution in [1.82, 2.24) is 10.2 Å². The molecule has 0 aliphatic carbocycles. The quantitative estimate of drug-likeness (QED) is 0.548. The number of halogens is 1. The van der Waals surface area contributed by atoms with Gasteiger partial charge in [-0.3, -0.25) is 9.59 Å². The zero-order valence-corrected chi connectivity index (χ0v) is 16.1. The molecule has 0 radical (unpaired) electrons. The fraction of sp³-hybridized carbons (Fsp3) is 0.200. The van der Waals surface area contributed by atoms with E-state index in [1.165, 1.54) is 0 Å². The van der Waals surface area contributed by atoms with Crippen LogP contribution in [0.25, 0.3) is 0 Å². The van der Waals surface area contributed by atoms with Crippen LogP contribution in [0.3, 0.4) is 0 Å². The number of rotatable bonds is 6. The number of carbonyl (C=O) groups is 2. The Labute approximate surface area is 161 Å². The third kappa shape index (κ3) is 5.61. The van der Waals surface area contributed by atoms with Gasteiger partial charge in [-0.2, -0.15) is 0 Å². The van der Waals surface area contributed by atoms with Gasteiger partial charge in [0.05, 0.1) is 18.7 Å². The summed E-state index contributed by atoms with van der Waals surface area (Å²) in [5.41, 5.74) is 2.71. The van der Waals surface area contributed by atoms with Crippen molar-refractivity contribution in [3.8, 4) is 12.3 Å². The number of hydrogen-bond acceptors (Lipinski definition) is 2. The van der Waals surface area contributed by atoms with Gasteiger partial charge in [0.25, 0.3) is 5.91 Å². The van der Waals surface area contributed by atoms with Gasteiger partial charge in [0.15, 0.2) is 0 Å². The minimum atomic E-state index is -0.269. The molecule has 1 N–H and O–H groups in total. The first-order valence-electron chi connectivity index (χ1n) is 7.80. The molecule has 0 fully saturated rings. The molecule has 0 heterocycles. The van der Waals surface area contributed by atoms with Crippen LogP contribution in [0, 0.1) is 22.8 Å². The van der Waals surface area contributed by atoms with Gasteiger partial charge in [-0.15, -0.1) is 6.42 Å². The smallest absolute Gasteiger partial charge is 0.252 e. The highest BCUT2D eigenvalue weighted by molar-refractivity contribution is 14.1. The number of nitrogens with zero attached hydrogens (tertiary/aromatic N) is 1. The number of carbonyl (C=O) groups excluding carboxylic acids is 2. The Morgan fingerprint density at radius 1 is 1.16 bits per heavy atom. The van der Waals surface area contributed by atoms with Gasteiger partial charge in [-0.25, -0.2) is 0 Å². The van der Waals surface area contributed by atoms with E-state index in [0.29, 0.717) is 12.1 Å². The molecule has 0 saturated carbocycles. The van der Waals surface area contributed by atoms with Gasteiger partial charge in [0.1, 0.15) is 0 Å². The molecule has 5 heteroatoms. The average Bonchev–Trinajstić information content (AvgIpc) is 2.61. The van der Waals surface area contributed by atoms with Crippen molar-refractivity contribution in [1.29, 1.82) is 0 Å². The van der Waals surface area contributed by atoms with Crippen LogP contribution in [0.4, 0.5) is 0 Å². The van der Waals surface area contributed by atoms with Crippen molar-refractivity contribution in [3.05, 3.63) is 68.8 Å². The minimum absolute atomic E-state index is 0.0860. The van der Waals surface area contributed by atoms with Crippen LogP contribution in [-0.4, -0.2) is 29.8 Å². The average molecular weight is 446 g/mol. The largest absolute Gasteiger partial charge is 0.343 e. The Morgan fingerprint density at radius 2 is 1.84 bits per heavy atom. The van der Waals surface area contributed by atoms with Crippen molar-refractivity contribution in [2.75, 3.05) is 13.1 Å². The van der Waals surface area contributed by atoms with E-state index < -0.39 is 0 Å². The Morgan fingerprint density at radius 3 is 2.48 bits per heavy atom. The topological polar surface area (TPSA) is 49.4 Å². The lowest BCUT2D eigenvalue weighted by Crippen LogP contribution is -2.40. The molecule has 0 spiro atoms. The van der Waals surface area contributed by atoms with Gasteiger partial charge in [-0.05, 0) is 47.2 Å². The first-order chi connectivity index (χ1) is 12.0. The number of hydrogen-bond donors (Lipinski definition) is 1. The summed E-state index contributed by atoms with van der Waals surface area (Å²) in [5, 5.41) is 2.67.